The van der Waals surface area contributed by atoms with E-state index in [1.165, 1.54) is 33.4 Å². The molecule has 0 N–H and O–H groups in total. The maximum Gasteiger partial charge on any atom is 2.00 e. The third-order valence-electron chi connectivity index (χ3n) is 4.47. The molecule has 0 saturated carbocycles. The van der Waals surface area contributed by atoms with Gasteiger partial charge in [0, 0.05) is 0 Å². The topological polar surface area (TPSA) is 0 Å². The summed E-state index contributed by atoms with van der Waals surface area (Å²) < 4.78 is 0. The summed E-state index contributed by atoms with van der Waals surface area (Å²) in [5, 5.41) is 0. The fourth-order valence-corrected chi connectivity index (χ4v) is 2.32. The van der Waals surface area contributed by atoms with E-state index < -0.39 is 0 Å². The molecule has 0 fully saturated rings. The average Bonchev–Trinajstić information content (AvgIpc) is 2.66. The van der Waals surface area contributed by atoms with Crippen molar-refractivity contribution in [3.63, 3.8) is 0 Å². The third kappa shape index (κ3) is 4.42. The van der Waals surface area contributed by atoms with Crippen molar-refractivity contribution < 1.29 is 29.1 Å². The molecule has 0 aromatic carbocycles. The molecule has 2 atom stereocenters. The number of rotatable bonds is 0. The van der Waals surface area contributed by atoms with Gasteiger partial charge in [0.1, 0.15) is 0 Å². The summed E-state index contributed by atoms with van der Waals surface area (Å²) in [7, 11) is 0. The van der Waals surface area contributed by atoms with Crippen LogP contribution >= 0.6 is 0 Å². The van der Waals surface area contributed by atoms with Gasteiger partial charge in [0.05, 0.1) is 0 Å². The van der Waals surface area contributed by atoms with Crippen LogP contribution in [0.5, 0.6) is 0 Å². The molecule has 19 heavy (non-hydrogen) atoms. The zero-order chi connectivity index (χ0) is 14.0. The second kappa shape index (κ2) is 7.58. The maximum absolute atomic E-state index is 3.36. The van der Waals surface area contributed by atoms with Crippen LogP contribution in [0.3, 0.4) is 0 Å². The van der Waals surface area contributed by atoms with Crippen molar-refractivity contribution in [1.29, 1.82) is 0 Å². The maximum atomic E-state index is 3.36. The van der Waals surface area contributed by atoms with E-state index in [-0.39, 0.29) is 29.1 Å². The Morgan fingerprint density at radius 1 is 0.684 bits per heavy atom. The van der Waals surface area contributed by atoms with Crippen LogP contribution in [0, 0.1) is 24.0 Å². The Labute approximate surface area is 141 Å². The van der Waals surface area contributed by atoms with E-state index in [2.05, 4.69) is 67.5 Å². The van der Waals surface area contributed by atoms with Gasteiger partial charge in [-0.1, -0.05) is 53.4 Å². The molecule has 0 spiro atoms. The molecule has 0 amide bonds. The van der Waals surface area contributed by atoms with Crippen molar-refractivity contribution in [1.82, 2.24) is 0 Å². The first-order chi connectivity index (χ1) is 8.25. The van der Waals surface area contributed by atoms with Gasteiger partial charge in [0.25, 0.3) is 0 Å². The third-order valence-corrected chi connectivity index (χ3v) is 4.47. The van der Waals surface area contributed by atoms with E-state index in [1.807, 2.05) is 0 Å². The summed E-state index contributed by atoms with van der Waals surface area (Å²) in [6.07, 6.45) is 6.72. The number of hydrogen-bond acceptors (Lipinski definition) is 0. The second-order valence-corrected chi connectivity index (χ2v) is 5.60. The molecule has 0 heterocycles. The molecule has 106 valence electrons. The Morgan fingerprint density at radius 2 is 0.947 bits per heavy atom. The molecule has 0 nitrogen and oxygen atoms in total. The fourth-order valence-electron chi connectivity index (χ4n) is 2.32. The molecule has 0 radical (unpaired) electrons. The standard InChI is InChI=1S/2C9H13.Zr.2H/c2*1-6-5-7(2)9(4)8(6)3;;;/h2*6H,1-4H3;;;/q2*-1;+2;2*-1. The molecular formula is C18H28Zr-2. The Morgan fingerprint density at radius 3 is 1.00 bits per heavy atom. The molecule has 2 aliphatic carbocycles. The van der Waals surface area contributed by atoms with Crippen LogP contribution in [0.1, 0.15) is 58.2 Å². The van der Waals surface area contributed by atoms with Crippen molar-refractivity contribution in [2.45, 2.75) is 55.4 Å². The van der Waals surface area contributed by atoms with Crippen molar-refractivity contribution in [2.24, 2.45) is 11.8 Å². The molecular weight excluding hydrogens is 307 g/mol. The Balaban J connectivity index is -0.000000270. The summed E-state index contributed by atoms with van der Waals surface area (Å²) in [6, 6.07) is 0. The molecule has 2 aliphatic rings. The van der Waals surface area contributed by atoms with E-state index in [0.717, 1.165) is 0 Å². The van der Waals surface area contributed by atoms with Crippen LogP contribution in [-0.2, 0) is 26.2 Å². The van der Waals surface area contributed by atoms with E-state index >= 15 is 0 Å². The molecule has 0 saturated heterocycles. The van der Waals surface area contributed by atoms with Crippen LogP contribution in [0.15, 0.2) is 33.4 Å². The summed E-state index contributed by atoms with van der Waals surface area (Å²) in [5.41, 5.74) is 8.49. The molecule has 0 aromatic rings. The van der Waals surface area contributed by atoms with Crippen LogP contribution in [0.2, 0.25) is 0 Å². The summed E-state index contributed by atoms with van der Waals surface area (Å²) in [5.74, 6) is 1.12. The Hall–Kier alpha value is -0.157. The van der Waals surface area contributed by atoms with Gasteiger partial charge in [-0.05, 0) is 0 Å². The fraction of sp³-hybridized carbons (Fsp3) is 0.556. The van der Waals surface area contributed by atoms with E-state index in [1.54, 1.807) is 0 Å². The molecule has 0 aliphatic heterocycles. The summed E-state index contributed by atoms with van der Waals surface area (Å²) in [4.78, 5) is 0. The first kappa shape index (κ1) is 18.8. The van der Waals surface area contributed by atoms with E-state index in [9.17, 15) is 0 Å². The minimum atomic E-state index is 0. The quantitative estimate of drug-likeness (QED) is 0.501. The predicted molar refractivity (Wildman–Crippen MR) is 82.2 cm³/mol. The number of hydrogen-bond donors (Lipinski definition) is 0. The monoisotopic (exact) mass is 334 g/mol. The van der Waals surface area contributed by atoms with Gasteiger partial charge in [-0.15, -0.1) is 13.8 Å². The molecule has 0 aromatic heterocycles. The second-order valence-electron chi connectivity index (χ2n) is 5.60. The Bertz CT molecular complexity index is 424. The molecule has 2 unspecified atom stereocenters. The van der Waals surface area contributed by atoms with Gasteiger partial charge in [-0.2, -0.15) is 22.3 Å². The summed E-state index contributed by atoms with van der Waals surface area (Å²) >= 11 is 0. The van der Waals surface area contributed by atoms with Gasteiger partial charge in [0.15, 0.2) is 0 Å². The van der Waals surface area contributed by atoms with Crippen molar-refractivity contribution in [3.05, 3.63) is 45.6 Å². The number of allylic oxidation sites excluding steroid dienone is 8. The van der Waals surface area contributed by atoms with Crippen LogP contribution in [0.4, 0.5) is 0 Å². The van der Waals surface area contributed by atoms with E-state index in [0.29, 0.717) is 11.8 Å². The van der Waals surface area contributed by atoms with Crippen molar-refractivity contribution in [2.75, 3.05) is 0 Å². The minimum absolute atomic E-state index is 0. The summed E-state index contributed by atoms with van der Waals surface area (Å²) in [6.45, 7) is 17.3. The Kier molecular flexibility index (Phi) is 7.52. The van der Waals surface area contributed by atoms with Gasteiger partial charge in [-0.25, -0.2) is 11.1 Å². The zero-order valence-corrected chi connectivity index (χ0v) is 16.1. The van der Waals surface area contributed by atoms with Crippen LogP contribution in [0.25, 0.3) is 0 Å². The van der Waals surface area contributed by atoms with Gasteiger partial charge in [0.2, 0.25) is 0 Å². The van der Waals surface area contributed by atoms with Crippen LogP contribution < -0.4 is 0 Å². The largest absolute Gasteiger partial charge is 2.00 e. The minimum Gasteiger partial charge on any atom is -1.00 e. The van der Waals surface area contributed by atoms with Gasteiger partial charge >= 0.3 is 26.2 Å². The average molecular weight is 336 g/mol. The van der Waals surface area contributed by atoms with Crippen molar-refractivity contribution in [3.8, 4) is 0 Å². The smallest absolute Gasteiger partial charge is 1.00 e. The first-order valence-corrected chi connectivity index (χ1v) is 6.81. The zero-order valence-electron chi connectivity index (χ0n) is 15.7. The molecule has 0 bridgehead atoms. The SMILES string of the molecule is CC1=[C-]C(C)C(C)=C1C.CC1=[C-]C(C)C(C)=C1C.[H-].[H-].[Zr+2]. The molecule has 2 rings (SSSR count). The van der Waals surface area contributed by atoms with Crippen LogP contribution in [-0.4, -0.2) is 0 Å². The molecule has 1 heteroatoms. The van der Waals surface area contributed by atoms with Gasteiger partial charge in [-0.3, -0.25) is 12.2 Å². The van der Waals surface area contributed by atoms with Gasteiger partial charge < -0.3 is 2.85 Å². The van der Waals surface area contributed by atoms with Crippen molar-refractivity contribution >= 4 is 0 Å². The van der Waals surface area contributed by atoms with E-state index in [4.69, 9.17) is 0 Å². The first-order valence-electron chi connectivity index (χ1n) is 6.81. The normalized spacial score (nSPS) is 25.7. The predicted octanol–water partition coefficient (Wildman–Crippen LogP) is 5.67.